The van der Waals surface area contributed by atoms with Crippen LogP contribution in [0.25, 0.3) is 0 Å². The van der Waals surface area contributed by atoms with E-state index in [1.807, 2.05) is 30.3 Å². The van der Waals surface area contributed by atoms with E-state index >= 15 is 0 Å². The largest absolute Gasteiger partial charge is 0.456 e. The van der Waals surface area contributed by atoms with Crippen molar-refractivity contribution in [3.63, 3.8) is 0 Å². The van der Waals surface area contributed by atoms with E-state index in [0.717, 1.165) is 5.56 Å². The fraction of sp³-hybridized carbons (Fsp3) is 0.118. The Morgan fingerprint density at radius 2 is 2.10 bits per heavy atom. The molecule has 0 bridgehead atoms. The molecule has 0 saturated heterocycles. The van der Waals surface area contributed by atoms with Crippen LogP contribution >= 0.6 is 0 Å². The van der Waals surface area contributed by atoms with E-state index in [1.54, 1.807) is 31.2 Å². The summed E-state index contributed by atoms with van der Waals surface area (Å²) < 4.78 is 5.21. The molecule has 0 radical (unpaired) electrons. The maximum absolute atomic E-state index is 11.9. The average Bonchev–Trinajstić information content (AvgIpc) is 2.71. The second-order valence-electron chi connectivity index (χ2n) is 4.44. The number of carbonyl (C=O) groups excluding carboxylic acids is 1. The summed E-state index contributed by atoms with van der Waals surface area (Å²) in [6.07, 6.45) is 6.82. The van der Waals surface area contributed by atoms with E-state index in [9.17, 15) is 4.79 Å². The van der Waals surface area contributed by atoms with E-state index in [0.29, 0.717) is 11.4 Å². The SMILES string of the molecule is C/C(=N\C1=C(N)C=C=CC=C1)C(=O)OCc1ccccc1. The second kappa shape index (κ2) is 7.08. The minimum absolute atomic E-state index is 0.221. The smallest absolute Gasteiger partial charge is 0.352 e. The number of hydrogen-bond donors (Lipinski definition) is 1. The van der Waals surface area contributed by atoms with Gasteiger partial charge in [-0.25, -0.2) is 9.79 Å². The summed E-state index contributed by atoms with van der Waals surface area (Å²) in [5.74, 6) is -0.464. The van der Waals surface area contributed by atoms with Crippen molar-refractivity contribution in [3.8, 4) is 0 Å². The van der Waals surface area contributed by atoms with E-state index in [-0.39, 0.29) is 12.3 Å². The lowest BCUT2D eigenvalue weighted by atomic mass is 10.2. The van der Waals surface area contributed by atoms with Gasteiger partial charge in [-0.2, -0.15) is 0 Å². The zero-order valence-corrected chi connectivity index (χ0v) is 11.7. The van der Waals surface area contributed by atoms with Crippen LogP contribution in [0.15, 0.2) is 76.8 Å². The number of hydrogen-bond acceptors (Lipinski definition) is 4. The predicted octanol–water partition coefficient (Wildman–Crippen LogP) is 2.64. The van der Waals surface area contributed by atoms with Gasteiger partial charge in [0.25, 0.3) is 0 Å². The number of nitrogens with two attached hydrogens (primary N) is 1. The second-order valence-corrected chi connectivity index (χ2v) is 4.44. The maximum Gasteiger partial charge on any atom is 0.352 e. The molecular formula is C17H16N2O2. The molecule has 4 nitrogen and oxygen atoms in total. The fourth-order valence-electron chi connectivity index (χ4n) is 1.66. The summed E-state index contributed by atoms with van der Waals surface area (Å²) in [5.41, 5.74) is 10.9. The third-order valence-electron chi connectivity index (χ3n) is 2.78. The third-order valence-corrected chi connectivity index (χ3v) is 2.78. The zero-order chi connectivity index (χ0) is 15.1. The molecule has 0 amide bonds. The molecule has 2 N–H and O–H groups in total. The molecule has 106 valence electrons. The molecule has 0 aliphatic heterocycles. The third kappa shape index (κ3) is 4.34. The fourth-order valence-corrected chi connectivity index (χ4v) is 1.66. The first kappa shape index (κ1) is 14.6. The lowest BCUT2D eigenvalue weighted by Crippen LogP contribution is -2.15. The molecule has 1 aromatic rings. The Labute approximate surface area is 123 Å². The molecule has 0 unspecified atom stereocenters. The average molecular weight is 280 g/mol. The van der Waals surface area contributed by atoms with E-state index < -0.39 is 5.97 Å². The van der Waals surface area contributed by atoms with Crippen molar-refractivity contribution in [2.75, 3.05) is 0 Å². The molecular weight excluding hydrogens is 264 g/mol. The van der Waals surface area contributed by atoms with Crippen LogP contribution < -0.4 is 5.73 Å². The highest BCUT2D eigenvalue weighted by Crippen LogP contribution is 2.09. The summed E-state index contributed by atoms with van der Waals surface area (Å²) in [7, 11) is 0. The van der Waals surface area contributed by atoms with E-state index in [1.165, 1.54) is 0 Å². The monoisotopic (exact) mass is 280 g/mol. The summed E-state index contributed by atoms with van der Waals surface area (Å²) in [6.45, 7) is 1.82. The number of esters is 1. The summed E-state index contributed by atoms with van der Waals surface area (Å²) in [4.78, 5) is 16.1. The van der Waals surface area contributed by atoms with Gasteiger partial charge in [-0.15, -0.1) is 5.73 Å². The minimum Gasteiger partial charge on any atom is -0.456 e. The van der Waals surface area contributed by atoms with Gasteiger partial charge in [0, 0.05) is 6.08 Å². The van der Waals surface area contributed by atoms with Crippen LogP contribution in [0.1, 0.15) is 12.5 Å². The highest BCUT2D eigenvalue weighted by Gasteiger charge is 2.09. The van der Waals surface area contributed by atoms with Crippen LogP contribution in [0.5, 0.6) is 0 Å². The zero-order valence-electron chi connectivity index (χ0n) is 11.7. The molecule has 0 spiro atoms. The van der Waals surface area contributed by atoms with Crippen molar-refractivity contribution < 1.29 is 9.53 Å². The van der Waals surface area contributed by atoms with Gasteiger partial charge in [-0.3, -0.25) is 0 Å². The Morgan fingerprint density at radius 1 is 1.33 bits per heavy atom. The lowest BCUT2D eigenvalue weighted by molar-refractivity contribution is -0.136. The minimum atomic E-state index is -0.464. The number of benzene rings is 1. The number of aliphatic imine (C=N–C) groups is 1. The van der Waals surface area contributed by atoms with Gasteiger partial charge in [0.2, 0.25) is 0 Å². The van der Waals surface area contributed by atoms with E-state index in [2.05, 4.69) is 10.7 Å². The Morgan fingerprint density at radius 3 is 2.86 bits per heavy atom. The number of ether oxygens (including phenoxy) is 1. The van der Waals surface area contributed by atoms with Crippen molar-refractivity contribution in [3.05, 3.63) is 77.3 Å². The number of carbonyl (C=O) groups is 1. The van der Waals surface area contributed by atoms with Gasteiger partial charge in [0.1, 0.15) is 12.3 Å². The van der Waals surface area contributed by atoms with Gasteiger partial charge >= 0.3 is 5.97 Å². The Bertz CT molecular complexity index is 676. The van der Waals surface area contributed by atoms with Crippen LogP contribution in [0.2, 0.25) is 0 Å². The number of allylic oxidation sites excluding steroid dienone is 3. The predicted molar refractivity (Wildman–Crippen MR) is 82.4 cm³/mol. The Balaban J connectivity index is 2.02. The first-order valence-corrected chi connectivity index (χ1v) is 6.52. The van der Waals surface area contributed by atoms with Crippen molar-refractivity contribution in [1.29, 1.82) is 0 Å². The van der Waals surface area contributed by atoms with Gasteiger partial charge in [-0.1, -0.05) is 36.4 Å². The normalized spacial score (nSPS) is 14.2. The highest BCUT2D eigenvalue weighted by atomic mass is 16.5. The molecule has 4 heteroatoms. The van der Waals surface area contributed by atoms with Crippen LogP contribution in [0, 0.1) is 0 Å². The first-order valence-electron chi connectivity index (χ1n) is 6.52. The first-order chi connectivity index (χ1) is 10.2. The van der Waals surface area contributed by atoms with Crippen molar-refractivity contribution in [2.24, 2.45) is 10.7 Å². The van der Waals surface area contributed by atoms with Crippen LogP contribution in [0.4, 0.5) is 0 Å². The summed E-state index contributed by atoms with van der Waals surface area (Å²) in [6, 6.07) is 9.49. The molecule has 0 fully saturated rings. The molecule has 1 aromatic carbocycles. The lowest BCUT2D eigenvalue weighted by Gasteiger charge is -2.05. The van der Waals surface area contributed by atoms with Crippen molar-refractivity contribution in [2.45, 2.75) is 13.5 Å². The number of rotatable bonds is 4. The van der Waals surface area contributed by atoms with Gasteiger partial charge in [0.15, 0.2) is 0 Å². The summed E-state index contributed by atoms with van der Waals surface area (Å²) >= 11 is 0. The number of nitrogens with zero attached hydrogens (tertiary/aromatic N) is 1. The molecule has 1 aliphatic rings. The Hall–Kier alpha value is -2.84. The molecule has 21 heavy (non-hydrogen) atoms. The highest BCUT2D eigenvalue weighted by molar-refractivity contribution is 6.35. The van der Waals surface area contributed by atoms with Gasteiger partial charge < -0.3 is 10.5 Å². The van der Waals surface area contributed by atoms with Crippen LogP contribution in [0.3, 0.4) is 0 Å². The molecule has 0 heterocycles. The topological polar surface area (TPSA) is 64.7 Å². The van der Waals surface area contributed by atoms with Crippen molar-refractivity contribution >= 4 is 11.7 Å². The molecule has 0 saturated carbocycles. The van der Waals surface area contributed by atoms with Gasteiger partial charge in [-0.05, 0) is 24.6 Å². The molecule has 2 rings (SSSR count). The quantitative estimate of drug-likeness (QED) is 0.524. The standard InChI is InChI=1S/C17H16N2O2/c1-13(19-16-11-7-3-6-10-15(16)18)17(20)21-12-14-8-4-2-5-9-14/h2-5,7-11H,12,18H2,1H3/b19-13+. The van der Waals surface area contributed by atoms with Gasteiger partial charge in [0.05, 0.1) is 11.4 Å². The van der Waals surface area contributed by atoms with E-state index in [4.69, 9.17) is 10.5 Å². The van der Waals surface area contributed by atoms with Crippen LogP contribution in [-0.2, 0) is 16.1 Å². The molecule has 0 aromatic heterocycles. The maximum atomic E-state index is 11.9. The van der Waals surface area contributed by atoms with Crippen molar-refractivity contribution in [1.82, 2.24) is 0 Å². The Kier molecular flexibility index (Phi) is 4.91. The molecule has 0 atom stereocenters. The molecule has 1 aliphatic carbocycles. The summed E-state index contributed by atoms with van der Waals surface area (Å²) in [5, 5.41) is 0. The van der Waals surface area contributed by atoms with Crippen LogP contribution in [-0.4, -0.2) is 11.7 Å².